The lowest BCUT2D eigenvalue weighted by Gasteiger charge is -2.06. The van der Waals surface area contributed by atoms with E-state index in [1.54, 1.807) is 6.07 Å². The lowest BCUT2D eigenvalue weighted by Crippen LogP contribution is -2.06. The maximum Gasteiger partial charge on any atom is 0.288 e. The first-order valence-corrected chi connectivity index (χ1v) is 4.26. The second kappa shape index (κ2) is 4.21. The molecule has 1 rings (SSSR count). The van der Waals surface area contributed by atoms with Crippen molar-refractivity contribution in [3.63, 3.8) is 0 Å². The van der Waals surface area contributed by atoms with Gasteiger partial charge >= 0.3 is 0 Å². The molecule has 1 aromatic rings. The van der Waals surface area contributed by atoms with Gasteiger partial charge in [-0.2, -0.15) is 0 Å². The third-order valence-electron chi connectivity index (χ3n) is 1.81. The average Bonchev–Trinajstić information content (AvgIpc) is 2.17. The van der Waals surface area contributed by atoms with Crippen molar-refractivity contribution in [3.8, 4) is 0 Å². The standard InChI is InChI=1S/C9H9ClN2O2/c1-2-8(11)6-3-4-7(10)9(5-6)12(13)14/h2-5,8H,1,11H2/t8-/m0/s1. The molecule has 2 N–H and O–H groups in total. The summed E-state index contributed by atoms with van der Waals surface area (Å²) in [5, 5.41) is 10.6. The molecule has 0 fully saturated rings. The van der Waals surface area contributed by atoms with Crippen LogP contribution in [0.2, 0.25) is 5.02 Å². The van der Waals surface area contributed by atoms with Crippen LogP contribution in [0.5, 0.6) is 0 Å². The summed E-state index contributed by atoms with van der Waals surface area (Å²) < 4.78 is 0. The summed E-state index contributed by atoms with van der Waals surface area (Å²) in [4.78, 5) is 10.00. The van der Waals surface area contributed by atoms with Crippen molar-refractivity contribution < 1.29 is 4.92 Å². The van der Waals surface area contributed by atoms with Crippen LogP contribution in [0.15, 0.2) is 30.9 Å². The molecule has 0 aliphatic rings. The van der Waals surface area contributed by atoms with Gasteiger partial charge in [-0.05, 0) is 11.6 Å². The van der Waals surface area contributed by atoms with Gasteiger partial charge in [-0.3, -0.25) is 10.1 Å². The van der Waals surface area contributed by atoms with Crippen LogP contribution in [-0.4, -0.2) is 4.92 Å². The fraction of sp³-hybridized carbons (Fsp3) is 0.111. The van der Waals surface area contributed by atoms with Crippen LogP contribution in [0.1, 0.15) is 11.6 Å². The molecule has 0 spiro atoms. The third-order valence-corrected chi connectivity index (χ3v) is 2.13. The Balaban J connectivity index is 3.19. The molecule has 0 aromatic heterocycles. The molecule has 0 saturated heterocycles. The molecule has 5 heteroatoms. The van der Waals surface area contributed by atoms with E-state index in [1.165, 1.54) is 18.2 Å². The van der Waals surface area contributed by atoms with E-state index >= 15 is 0 Å². The summed E-state index contributed by atoms with van der Waals surface area (Å²) >= 11 is 5.63. The minimum atomic E-state index is -0.540. The van der Waals surface area contributed by atoms with Crippen LogP contribution in [0.3, 0.4) is 0 Å². The Hall–Kier alpha value is -1.39. The summed E-state index contributed by atoms with van der Waals surface area (Å²) in [6.45, 7) is 3.51. The van der Waals surface area contributed by atoms with Crippen molar-refractivity contribution in [2.24, 2.45) is 5.73 Å². The molecule has 1 aromatic carbocycles. The van der Waals surface area contributed by atoms with Gasteiger partial charge in [0.1, 0.15) is 5.02 Å². The number of benzene rings is 1. The van der Waals surface area contributed by atoms with Crippen molar-refractivity contribution in [2.75, 3.05) is 0 Å². The molecule has 0 radical (unpaired) electrons. The smallest absolute Gasteiger partial charge is 0.288 e. The van der Waals surface area contributed by atoms with E-state index in [4.69, 9.17) is 17.3 Å². The Kier molecular flexibility index (Phi) is 3.22. The number of hydrogen-bond acceptors (Lipinski definition) is 3. The Bertz CT molecular complexity index is 379. The molecular formula is C9H9ClN2O2. The van der Waals surface area contributed by atoms with Gasteiger partial charge in [-0.25, -0.2) is 0 Å². The number of halogens is 1. The largest absolute Gasteiger partial charge is 0.321 e. The molecule has 0 heterocycles. The SMILES string of the molecule is C=C[C@H](N)c1ccc(Cl)c([N+](=O)[O-])c1. The molecule has 0 saturated carbocycles. The topological polar surface area (TPSA) is 69.2 Å². The quantitative estimate of drug-likeness (QED) is 0.475. The highest BCUT2D eigenvalue weighted by Gasteiger charge is 2.14. The monoisotopic (exact) mass is 212 g/mol. The first kappa shape index (κ1) is 10.7. The van der Waals surface area contributed by atoms with E-state index in [2.05, 4.69) is 6.58 Å². The van der Waals surface area contributed by atoms with Crippen LogP contribution in [0.25, 0.3) is 0 Å². The number of nitro groups is 1. The second-order valence-corrected chi connectivity index (χ2v) is 3.14. The van der Waals surface area contributed by atoms with E-state index in [0.717, 1.165) is 0 Å². The zero-order chi connectivity index (χ0) is 10.7. The van der Waals surface area contributed by atoms with Crippen molar-refractivity contribution in [2.45, 2.75) is 6.04 Å². The van der Waals surface area contributed by atoms with Crippen LogP contribution < -0.4 is 5.73 Å². The molecule has 0 bridgehead atoms. The molecule has 0 amide bonds. The fourth-order valence-corrected chi connectivity index (χ4v) is 1.20. The molecule has 1 atom stereocenters. The first-order chi connectivity index (χ1) is 6.56. The highest BCUT2D eigenvalue weighted by molar-refractivity contribution is 6.32. The van der Waals surface area contributed by atoms with Gasteiger partial charge < -0.3 is 5.73 Å². The van der Waals surface area contributed by atoms with Crippen molar-refractivity contribution in [3.05, 3.63) is 51.6 Å². The predicted molar refractivity (Wildman–Crippen MR) is 55.2 cm³/mol. The van der Waals surface area contributed by atoms with Crippen LogP contribution in [0, 0.1) is 10.1 Å². The van der Waals surface area contributed by atoms with Crippen LogP contribution >= 0.6 is 11.6 Å². The van der Waals surface area contributed by atoms with Gasteiger partial charge in [0.25, 0.3) is 5.69 Å². The molecule has 14 heavy (non-hydrogen) atoms. The first-order valence-electron chi connectivity index (χ1n) is 3.88. The van der Waals surface area contributed by atoms with Crippen molar-refractivity contribution in [1.29, 1.82) is 0 Å². The van der Waals surface area contributed by atoms with E-state index in [9.17, 15) is 10.1 Å². The minimum absolute atomic E-state index is 0.106. The fourth-order valence-electron chi connectivity index (χ4n) is 1.01. The summed E-state index contributed by atoms with van der Waals surface area (Å²) in [5.41, 5.74) is 6.11. The Morgan fingerprint density at radius 3 is 2.79 bits per heavy atom. The minimum Gasteiger partial charge on any atom is -0.321 e. The van der Waals surface area contributed by atoms with Gasteiger partial charge in [0.15, 0.2) is 0 Å². The van der Waals surface area contributed by atoms with Crippen molar-refractivity contribution in [1.82, 2.24) is 0 Å². The number of nitro benzene ring substituents is 1. The van der Waals surface area contributed by atoms with E-state index in [0.29, 0.717) is 5.56 Å². The lowest BCUT2D eigenvalue weighted by atomic mass is 10.1. The number of hydrogen-bond donors (Lipinski definition) is 1. The second-order valence-electron chi connectivity index (χ2n) is 2.73. The van der Waals surface area contributed by atoms with Crippen LogP contribution in [-0.2, 0) is 0 Å². The molecule has 0 aliphatic heterocycles. The molecule has 4 nitrogen and oxygen atoms in total. The normalized spacial score (nSPS) is 12.1. The highest BCUT2D eigenvalue weighted by atomic mass is 35.5. The number of nitrogens with zero attached hydrogens (tertiary/aromatic N) is 1. The average molecular weight is 213 g/mol. The van der Waals surface area contributed by atoms with Gasteiger partial charge in [0.2, 0.25) is 0 Å². The summed E-state index contributed by atoms with van der Waals surface area (Å²) in [5.74, 6) is 0. The highest BCUT2D eigenvalue weighted by Crippen LogP contribution is 2.27. The molecule has 0 aliphatic carbocycles. The summed E-state index contributed by atoms with van der Waals surface area (Å²) in [6.07, 6.45) is 1.51. The Morgan fingerprint density at radius 1 is 1.64 bits per heavy atom. The van der Waals surface area contributed by atoms with Gasteiger partial charge in [-0.1, -0.05) is 23.7 Å². The third kappa shape index (κ3) is 2.10. The summed E-state index contributed by atoms with van der Waals surface area (Å²) in [6, 6.07) is 4.04. The van der Waals surface area contributed by atoms with Crippen LogP contribution in [0.4, 0.5) is 5.69 Å². The lowest BCUT2D eigenvalue weighted by molar-refractivity contribution is -0.384. The maximum absolute atomic E-state index is 10.5. The van der Waals surface area contributed by atoms with E-state index in [1.807, 2.05) is 0 Å². The van der Waals surface area contributed by atoms with Crippen molar-refractivity contribution >= 4 is 17.3 Å². The Morgan fingerprint density at radius 2 is 2.29 bits per heavy atom. The Labute approximate surface area is 86.1 Å². The maximum atomic E-state index is 10.5. The zero-order valence-electron chi connectivity index (χ0n) is 7.31. The molecule has 0 unspecified atom stereocenters. The summed E-state index contributed by atoms with van der Waals surface area (Å²) in [7, 11) is 0. The van der Waals surface area contributed by atoms with E-state index < -0.39 is 11.0 Å². The zero-order valence-corrected chi connectivity index (χ0v) is 8.07. The predicted octanol–water partition coefficient (Wildman–Crippen LogP) is 2.43. The van der Waals surface area contributed by atoms with Gasteiger partial charge in [-0.15, -0.1) is 6.58 Å². The molecular weight excluding hydrogens is 204 g/mol. The van der Waals surface area contributed by atoms with Gasteiger partial charge in [0, 0.05) is 12.1 Å². The van der Waals surface area contributed by atoms with E-state index in [-0.39, 0.29) is 10.7 Å². The number of rotatable bonds is 3. The molecule has 74 valence electrons. The van der Waals surface area contributed by atoms with Gasteiger partial charge in [0.05, 0.1) is 4.92 Å². The number of nitrogens with two attached hydrogens (primary N) is 1.